The fourth-order valence-electron chi connectivity index (χ4n) is 3.10. The van der Waals surface area contributed by atoms with E-state index in [9.17, 15) is 0 Å². The van der Waals surface area contributed by atoms with Gasteiger partial charge in [0.1, 0.15) is 0 Å². The molecule has 0 saturated carbocycles. The van der Waals surface area contributed by atoms with Gasteiger partial charge in [-0.2, -0.15) is 0 Å². The summed E-state index contributed by atoms with van der Waals surface area (Å²) >= 11 is 12.1. The number of aryl methyl sites for hydroxylation is 2. The predicted molar refractivity (Wildman–Crippen MR) is 90.4 cm³/mol. The Hall–Kier alpha value is -1.02. The number of fused-ring (bicyclic) bond motifs is 1. The summed E-state index contributed by atoms with van der Waals surface area (Å²) in [6.07, 6.45) is 4.71. The first kappa shape index (κ1) is 14.9. The standard InChI is InChI=1S/C18H19Cl2N/c1-21-18(15-7-8-16(19)17(20)11-15)10-12-5-6-13-3-2-4-14(13)9-12/h5-9,11,18,21H,2-4,10H2,1H3. The topological polar surface area (TPSA) is 12.0 Å². The molecule has 1 unspecified atom stereocenters. The zero-order chi connectivity index (χ0) is 14.8. The SMILES string of the molecule is CNC(Cc1ccc2c(c1)CCC2)c1ccc(Cl)c(Cl)c1. The number of rotatable bonds is 4. The van der Waals surface area contributed by atoms with Crippen LogP contribution >= 0.6 is 23.2 Å². The van der Waals surface area contributed by atoms with Crippen molar-refractivity contribution in [2.75, 3.05) is 7.05 Å². The second-order valence-corrected chi connectivity index (χ2v) is 6.49. The number of benzene rings is 2. The molecule has 0 heterocycles. The van der Waals surface area contributed by atoms with E-state index >= 15 is 0 Å². The first-order valence-corrected chi connectivity index (χ1v) is 8.16. The van der Waals surface area contributed by atoms with Crippen molar-refractivity contribution >= 4 is 23.2 Å². The molecular formula is C18H19Cl2N. The van der Waals surface area contributed by atoms with Gasteiger partial charge in [-0.1, -0.05) is 47.5 Å². The largest absolute Gasteiger partial charge is 0.313 e. The molecule has 1 atom stereocenters. The smallest absolute Gasteiger partial charge is 0.0595 e. The van der Waals surface area contributed by atoms with E-state index in [1.165, 1.54) is 41.5 Å². The van der Waals surface area contributed by atoms with Crippen molar-refractivity contribution in [3.8, 4) is 0 Å². The second kappa shape index (κ2) is 6.39. The molecule has 0 radical (unpaired) electrons. The lowest BCUT2D eigenvalue weighted by Gasteiger charge is -2.18. The van der Waals surface area contributed by atoms with Gasteiger partial charge in [0.2, 0.25) is 0 Å². The van der Waals surface area contributed by atoms with Crippen LogP contribution in [-0.2, 0) is 19.3 Å². The summed E-state index contributed by atoms with van der Waals surface area (Å²) in [5.41, 5.74) is 5.60. The summed E-state index contributed by atoms with van der Waals surface area (Å²) in [4.78, 5) is 0. The molecule has 1 aliphatic rings. The molecule has 110 valence electrons. The van der Waals surface area contributed by atoms with Crippen molar-refractivity contribution in [2.24, 2.45) is 0 Å². The number of halogens is 2. The Morgan fingerprint density at radius 2 is 1.81 bits per heavy atom. The molecule has 3 heteroatoms. The minimum Gasteiger partial charge on any atom is -0.313 e. The van der Waals surface area contributed by atoms with Crippen LogP contribution in [0.1, 0.15) is 34.7 Å². The summed E-state index contributed by atoms with van der Waals surface area (Å²) in [7, 11) is 1.99. The summed E-state index contributed by atoms with van der Waals surface area (Å²) in [6.45, 7) is 0. The van der Waals surface area contributed by atoms with E-state index in [2.05, 4.69) is 23.5 Å². The highest BCUT2D eigenvalue weighted by molar-refractivity contribution is 6.42. The van der Waals surface area contributed by atoms with Crippen LogP contribution < -0.4 is 5.32 Å². The fourth-order valence-corrected chi connectivity index (χ4v) is 3.41. The third-order valence-corrected chi connectivity index (χ3v) is 5.04. The average molecular weight is 320 g/mol. The van der Waals surface area contributed by atoms with Crippen LogP contribution in [0.2, 0.25) is 10.0 Å². The zero-order valence-electron chi connectivity index (χ0n) is 12.1. The third-order valence-electron chi connectivity index (χ3n) is 4.30. The maximum atomic E-state index is 6.13. The number of hydrogen-bond acceptors (Lipinski definition) is 1. The molecule has 21 heavy (non-hydrogen) atoms. The molecule has 3 rings (SSSR count). The molecule has 2 aromatic rings. The first-order chi connectivity index (χ1) is 10.2. The predicted octanol–water partition coefficient (Wildman–Crippen LogP) is 4.99. The van der Waals surface area contributed by atoms with Gasteiger partial charge in [-0.05, 0) is 67.1 Å². The van der Waals surface area contributed by atoms with Gasteiger partial charge in [-0.15, -0.1) is 0 Å². The molecule has 0 saturated heterocycles. The second-order valence-electron chi connectivity index (χ2n) is 5.68. The lowest BCUT2D eigenvalue weighted by atomic mass is 9.96. The average Bonchev–Trinajstić information content (AvgIpc) is 2.95. The van der Waals surface area contributed by atoms with E-state index in [-0.39, 0.29) is 6.04 Å². The van der Waals surface area contributed by atoms with Gasteiger partial charge in [0.25, 0.3) is 0 Å². The van der Waals surface area contributed by atoms with E-state index in [4.69, 9.17) is 23.2 Å². The highest BCUT2D eigenvalue weighted by atomic mass is 35.5. The van der Waals surface area contributed by atoms with Crippen LogP contribution in [0, 0.1) is 0 Å². The van der Waals surface area contributed by atoms with Crippen LogP contribution in [0.5, 0.6) is 0 Å². The van der Waals surface area contributed by atoms with Crippen molar-refractivity contribution in [3.05, 3.63) is 68.7 Å². The van der Waals surface area contributed by atoms with E-state index in [0.717, 1.165) is 6.42 Å². The molecule has 1 aliphatic carbocycles. The van der Waals surface area contributed by atoms with E-state index in [1.807, 2.05) is 25.2 Å². The lowest BCUT2D eigenvalue weighted by Crippen LogP contribution is -2.19. The Kier molecular flexibility index (Phi) is 4.54. The van der Waals surface area contributed by atoms with Gasteiger partial charge < -0.3 is 5.32 Å². The molecule has 0 bridgehead atoms. The Labute approximate surface area is 136 Å². The van der Waals surface area contributed by atoms with Crippen molar-refractivity contribution in [1.29, 1.82) is 0 Å². The quantitative estimate of drug-likeness (QED) is 0.837. The van der Waals surface area contributed by atoms with Gasteiger partial charge in [0.15, 0.2) is 0 Å². The molecule has 0 aromatic heterocycles. The van der Waals surface area contributed by atoms with Gasteiger partial charge in [-0.25, -0.2) is 0 Å². The van der Waals surface area contributed by atoms with Crippen molar-refractivity contribution in [3.63, 3.8) is 0 Å². The molecular weight excluding hydrogens is 301 g/mol. The number of likely N-dealkylation sites (N-methyl/N-ethyl adjacent to an activating group) is 1. The highest BCUT2D eigenvalue weighted by Gasteiger charge is 2.15. The Morgan fingerprint density at radius 3 is 2.57 bits per heavy atom. The minimum atomic E-state index is 0.249. The van der Waals surface area contributed by atoms with E-state index in [0.29, 0.717) is 10.0 Å². The Balaban J connectivity index is 1.82. The summed E-state index contributed by atoms with van der Waals surface area (Å²) < 4.78 is 0. The highest BCUT2D eigenvalue weighted by Crippen LogP contribution is 2.28. The normalized spacial score (nSPS) is 15.0. The van der Waals surface area contributed by atoms with Gasteiger partial charge >= 0.3 is 0 Å². The molecule has 0 aliphatic heterocycles. The zero-order valence-corrected chi connectivity index (χ0v) is 13.6. The van der Waals surface area contributed by atoms with Crippen LogP contribution in [-0.4, -0.2) is 7.05 Å². The van der Waals surface area contributed by atoms with Crippen molar-refractivity contribution < 1.29 is 0 Å². The van der Waals surface area contributed by atoms with Crippen LogP contribution in [0.3, 0.4) is 0 Å². The Morgan fingerprint density at radius 1 is 1.00 bits per heavy atom. The fraction of sp³-hybridized carbons (Fsp3) is 0.333. The molecule has 0 spiro atoms. The molecule has 1 nitrogen and oxygen atoms in total. The summed E-state index contributed by atoms with van der Waals surface area (Å²) in [5.74, 6) is 0. The van der Waals surface area contributed by atoms with Gasteiger partial charge in [0.05, 0.1) is 10.0 Å². The minimum absolute atomic E-state index is 0.249. The molecule has 0 fully saturated rings. The van der Waals surface area contributed by atoms with Crippen LogP contribution in [0.15, 0.2) is 36.4 Å². The first-order valence-electron chi connectivity index (χ1n) is 7.40. The van der Waals surface area contributed by atoms with Crippen LogP contribution in [0.4, 0.5) is 0 Å². The van der Waals surface area contributed by atoms with Gasteiger partial charge in [-0.3, -0.25) is 0 Å². The molecule has 1 N–H and O–H groups in total. The molecule has 2 aromatic carbocycles. The van der Waals surface area contributed by atoms with Gasteiger partial charge in [0, 0.05) is 6.04 Å². The maximum Gasteiger partial charge on any atom is 0.0595 e. The van der Waals surface area contributed by atoms with Crippen molar-refractivity contribution in [2.45, 2.75) is 31.7 Å². The number of nitrogens with one attached hydrogen (secondary N) is 1. The monoisotopic (exact) mass is 319 g/mol. The maximum absolute atomic E-state index is 6.13. The third kappa shape index (κ3) is 3.26. The number of hydrogen-bond donors (Lipinski definition) is 1. The van der Waals surface area contributed by atoms with Crippen molar-refractivity contribution in [1.82, 2.24) is 5.32 Å². The van der Waals surface area contributed by atoms with Crippen LogP contribution in [0.25, 0.3) is 0 Å². The Bertz CT molecular complexity index is 652. The lowest BCUT2D eigenvalue weighted by molar-refractivity contribution is 0.592. The molecule has 0 amide bonds. The summed E-state index contributed by atoms with van der Waals surface area (Å²) in [5, 5.41) is 4.60. The summed E-state index contributed by atoms with van der Waals surface area (Å²) in [6, 6.07) is 13.0. The van der Waals surface area contributed by atoms with E-state index in [1.54, 1.807) is 0 Å². The van der Waals surface area contributed by atoms with E-state index < -0.39 is 0 Å².